The molecule has 2 aromatic rings. The molecular weight excluding hydrogens is 444 g/mol. The lowest BCUT2D eigenvalue weighted by Crippen LogP contribution is -2.53. The number of benzene rings is 1. The Morgan fingerprint density at radius 2 is 1.83 bits per heavy atom. The predicted octanol–water partition coefficient (Wildman–Crippen LogP) is 4.37. The molecule has 1 aromatic carbocycles. The number of rotatable bonds is 5. The van der Waals surface area contributed by atoms with Crippen LogP contribution in [0, 0.1) is 11.8 Å². The number of amides is 1. The maximum absolute atomic E-state index is 12.3. The molecule has 2 saturated carbocycles. The normalized spacial score (nSPS) is 21.9. The van der Waals surface area contributed by atoms with Crippen LogP contribution in [0.15, 0.2) is 30.6 Å². The Balaban J connectivity index is 1.60. The molecule has 2 aliphatic carbocycles. The smallest absolute Gasteiger partial charge is 0.407 e. The van der Waals surface area contributed by atoms with E-state index in [2.05, 4.69) is 27.1 Å². The maximum atomic E-state index is 12.3. The fourth-order valence-electron chi connectivity index (χ4n) is 4.61. The molecule has 8 heteroatoms. The van der Waals surface area contributed by atoms with Gasteiger partial charge in [-0.25, -0.2) is 14.8 Å². The number of anilines is 1. The standard InChI is InChI=1S/C27H34N4O4/c1-26(2,3)35-25(32)31-20-14-27(15-20,12-11-18-16-29-24(28)30-17-18)19-9-10-22(33-4)23(13-19)34-21-7-5-6-8-21/h9-10,13,16-17,20-21H,5-8,14-15H2,1-4H3,(H,31,32)(H2,28,29,30). The van der Waals surface area contributed by atoms with Gasteiger partial charge in [-0.3, -0.25) is 0 Å². The van der Waals surface area contributed by atoms with Gasteiger partial charge in [0.05, 0.1) is 24.2 Å². The average Bonchev–Trinajstić information content (AvgIpc) is 3.28. The monoisotopic (exact) mass is 478 g/mol. The van der Waals surface area contributed by atoms with Crippen molar-refractivity contribution in [2.24, 2.45) is 0 Å². The summed E-state index contributed by atoms with van der Waals surface area (Å²) in [6.07, 6.45) is 8.77. The van der Waals surface area contributed by atoms with Gasteiger partial charge in [-0.05, 0) is 77.0 Å². The second-order valence-corrected chi connectivity index (χ2v) is 10.3. The van der Waals surface area contributed by atoms with Gasteiger partial charge in [-0.1, -0.05) is 17.9 Å². The minimum atomic E-state index is -0.553. The number of hydrogen-bond donors (Lipinski definition) is 2. The van der Waals surface area contributed by atoms with Gasteiger partial charge in [0, 0.05) is 18.4 Å². The van der Waals surface area contributed by atoms with E-state index in [1.165, 1.54) is 12.8 Å². The molecule has 0 bridgehead atoms. The minimum absolute atomic E-state index is 0.0527. The Kier molecular flexibility index (Phi) is 7.06. The van der Waals surface area contributed by atoms with E-state index in [4.69, 9.17) is 19.9 Å². The first kappa shape index (κ1) is 24.6. The number of carbonyl (C=O) groups is 1. The Morgan fingerprint density at radius 1 is 1.14 bits per heavy atom. The third-order valence-corrected chi connectivity index (χ3v) is 6.34. The van der Waals surface area contributed by atoms with Crippen molar-refractivity contribution in [1.82, 2.24) is 15.3 Å². The van der Waals surface area contributed by atoms with E-state index in [1.807, 2.05) is 39.0 Å². The maximum Gasteiger partial charge on any atom is 0.407 e. The number of nitrogens with one attached hydrogen (secondary N) is 1. The van der Waals surface area contributed by atoms with Crippen molar-refractivity contribution in [3.05, 3.63) is 41.7 Å². The van der Waals surface area contributed by atoms with Crippen LogP contribution in [0.2, 0.25) is 0 Å². The zero-order valence-corrected chi connectivity index (χ0v) is 20.9. The van der Waals surface area contributed by atoms with Crippen molar-refractivity contribution in [2.45, 2.75) is 82.5 Å². The zero-order valence-electron chi connectivity index (χ0n) is 20.9. The van der Waals surface area contributed by atoms with Gasteiger partial charge in [-0.2, -0.15) is 0 Å². The first-order chi connectivity index (χ1) is 16.7. The van der Waals surface area contributed by atoms with Gasteiger partial charge in [0.15, 0.2) is 11.5 Å². The van der Waals surface area contributed by atoms with Crippen molar-refractivity contribution in [3.63, 3.8) is 0 Å². The molecule has 1 heterocycles. The number of carbonyl (C=O) groups excluding carboxylic acids is 1. The summed E-state index contributed by atoms with van der Waals surface area (Å²) in [4.78, 5) is 20.4. The fraction of sp³-hybridized carbons (Fsp3) is 0.519. The number of nitrogen functional groups attached to an aromatic ring is 1. The predicted molar refractivity (Wildman–Crippen MR) is 133 cm³/mol. The van der Waals surface area contributed by atoms with E-state index in [0.29, 0.717) is 24.2 Å². The number of alkyl carbamates (subject to hydrolysis) is 1. The Morgan fingerprint density at radius 3 is 2.46 bits per heavy atom. The number of aromatic nitrogens is 2. The van der Waals surface area contributed by atoms with Gasteiger partial charge in [0.25, 0.3) is 0 Å². The van der Waals surface area contributed by atoms with Crippen LogP contribution >= 0.6 is 0 Å². The topological polar surface area (TPSA) is 109 Å². The molecule has 2 fully saturated rings. The van der Waals surface area contributed by atoms with E-state index < -0.39 is 17.1 Å². The van der Waals surface area contributed by atoms with Gasteiger partial charge in [0.2, 0.25) is 5.95 Å². The van der Waals surface area contributed by atoms with Crippen LogP contribution in [-0.4, -0.2) is 40.9 Å². The van der Waals surface area contributed by atoms with E-state index in [9.17, 15) is 4.79 Å². The summed E-state index contributed by atoms with van der Waals surface area (Å²) in [6, 6.07) is 5.94. The molecule has 4 rings (SSSR count). The van der Waals surface area contributed by atoms with Crippen molar-refractivity contribution < 1.29 is 19.0 Å². The first-order valence-corrected chi connectivity index (χ1v) is 12.1. The highest BCUT2D eigenvalue weighted by atomic mass is 16.6. The first-order valence-electron chi connectivity index (χ1n) is 12.1. The second-order valence-electron chi connectivity index (χ2n) is 10.3. The van der Waals surface area contributed by atoms with Crippen molar-refractivity contribution in [1.29, 1.82) is 0 Å². The summed E-state index contributed by atoms with van der Waals surface area (Å²) in [7, 11) is 1.65. The SMILES string of the molecule is COc1ccc(C2(C#Cc3cnc(N)nc3)CC(NC(=O)OC(C)(C)C)C2)cc1OC1CCCC1. The Labute approximate surface area is 207 Å². The summed E-state index contributed by atoms with van der Waals surface area (Å²) >= 11 is 0. The van der Waals surface area contributed by atoms with Crippen LogP contribution in [0.5, 0.6) is 11.5 Å². The molecule has 186 valence electrons. The van der Waals surface area contributed by atoms with E-state index >= 15 is 0 Å². The second kappa shape index (κ2) is 10.0. The van der Waals surface area contributed by atoms with Crippen molar-refractivity contribution in [3.8, 4) is 23.3 Å². The summed E-state index contributed by atoms with van der Waals surface area (Å²) in [6.45, 7) is 5.54. The highest BCUT2D eigenvalue weighted by Gasteiger charge is 2.46. The van der Waals surface area contributed by atoms with Crippen molar-refractivity contribution >= 4 is 12.0 Å². The number of hydrogen-bond acceptors (Lipinski definition) is 7. The third-order valence-electron chi connectivity index (χ3n) is 6.34. The number of methoxy groups -OCH3 is 1. The van der Waals surface area contributed by atoms with Gasteiger partial charge in [-0.15, -0.1) is 0 Å². The molecule has 0 atom stereocenters. The molecule has 1 aromatic heterocycles. The van der Waals surface area contributed by atoms with Crippen LogP contribution in [-0.2, 0) is 10.2 Å². The average molecular weight is 479 g/mol. The molecular formula is C27H34N4O4. The van der Waals surface area contributed by atoms with Gasteiger partial charge in [0.1, 0.15) is 5.60 Å². The Hall–Kier alpha value is -3.47. The number of nitrogens with two attached hydrogens (primary N) is 1. The minimum Gasteiger partial charge on any atom is -0.493 e. The van der Waals surface area contributed by atoms with Gasteiger partial charge >= 0.3 is 6.09 Å². The molecule has 0 radical (unpaired) electrons. The van der Waals surface area contributed by atoms with E-state index in [-0.39, 0.29) is 18.1 Å². The summed E-state index contributed by atoms with van der Waals surface area (Å²) < 4.78 is 17.3. The third kappa shape index (κ3) is 6.16. The molecule has 0 aliphatic heterocycles. The van der Waals surface area contributed by atoms with Crippen LogP contribution in [0.25, 0.3) is 0 Å². The fourth-order valence-corrected chi connectivity index (χ4v) is 4.61. The molecule has 3 N–H and O–H groups in total. The molecule has 35 heavy (non-hydrogen) atoms. The van der Waals surface area contributed by atoms with Crippen LogP contribution in [0.3, 0.4) is 0 Å². The molecule has 0 spiro atoms. The van der Waals surface area contributed by atoms with Gasteiger partial charge < -0.3 is 25.3 Å². The lowest BCUT2D eigenvalue weighted by atomic mass is 9.62. The zero-order chi connectivity index (χ0) is 25.1. The molecule has 2 aliphatic rings. The highest BCUT2D eigenvalue weighted by Crippen LogP contribution is 2.46. The summed E-state index contributed by atoms with van der Waals surface area (Å²) in [5.74, 6) is 8.28. The summed E-state index contributed by atoms with van der Waals surface area (Å²) in [5, 5.41) is 2.97. The van der Waals surface area contributed by atoms with E-state index in [1.54, 1.807) is 19.5 Å². The largest absolute Gasteiger partial charge is 0.493 e. The van der Waals surface area contributed by atoms with Crippen molar-refractivity contribution in [2.75, 3.05) is 12.8 Å². The molecule has 0 unspecified atom stereocenters. The Bertz CT molecular complexity index is 1100. The number of nitrogens with zero attached hydrogens (tertiary/aromatic N) is 2. The molecule has 8 nitrogen and oxygen atoms in total. The lowest BCUT2D eigenvalue weighted by Gasteiger charge is -2.45. The van der Waals surface area contributed by atoms with Crippen LogP contribution in [0.1, 0.15) is 70.4 Å². The summed E-state index contributed by atoms with van der Waals surface area (Å²) in [5.41, 5.74) is 6.29. The quantitative estimate of drug-likeness (QED) is 0.615. The molecule has 0 saturated heterocycles. The lowest BCUT2D eigenvalue weighted by molar-refractivity contribution is 0.0454. The molecule has 1 amide bonds. The van der Waals surface area contributed by atoms with E-state index in [0.717, 1.165) is 24.2 Å². The van der Waals surface area contributed by atoms with Crippen LogP contribution < -0.4 is 20.5 Å². The van der Waals surface area contributed by atoms with Crippen LogP contribution in [0.4, 0.5) is 10.7 Å². The highest BCUT2D eigenvalue weighted by molar-refractivity contribution is 5.68. The number of ether oxygens (including phenoxy) is 3.